The van der Waals surface area contributed by atoms with Crippen molar-refractivity contribution in [1.82, 2.24) is 0 Å². The van der Waals surface area contributed by atoms with Gasteiger partial charge in [0.15, 0.2) is 0 Å². The number of unbranched alkanes of at least 4 members (excludes halogenated alkanes) is 2. The molecule has 8 heteroatoms. The number of hydrogen-bond donors (Lipinski definition) is 1. The molecular formula is C37H40N2O6. The second-order valence-corrected chi connectivity index (χ2v) is 10.6. The molecule has 0 unspecified atom stereocenters. The lowest BCUT2D eigenvalue weighted by molar-refractivity contribution is -0.143. The zero-order chi connectivity index (χ0) is 32.2. The average Bonchev–Trinajstić information content (AvgIpc) is 3.06. The third kappa shape index (κ3) is 8.72. The van der Waals surface area contributed by atoms with Crippen LogP contribution >= 0.6 is 0 Å². The maximum absolute atomic E-state index is 13.6. The zero-order valence-corrected chi connectivity index (χ0v) is 26.3. The van der Waals surface area contributed by atoms with Crippen molar-refractivity contribution in [3.8, 4) is 22.6 Å². The van der Waals surface area contributed by atoms with Crippen molar-refractivity contribution in [2.45, 2.75) is 39.5 Å². The zero-order valence-electron chi connectivity index (χ0n) is 26.3. The number of methoxy groups -OCH3 is 1. The van der Waals surface area contributed by atoms with Gasteiger partial charge in [0.25, 0.3) is 11.8 Å². The summed E-state index contributed by atoms with van der Waals surface area (Å²) in [5.74, 6) is 0.238. The number of nitrogens with one attached hydrogen (secondary N) is 1. The highest BCUT2D eigenvalue weighted by atomic mass is 16.5. The largest absolute Gasteiger partial charge is 0.495 e. The molecule has 0 aliphatic heterocycles. The maximum Gasteiger partial charge on any atom is 0.305 e. The van der Waals surface area contributed by atoms with E-state index in [1.165, 1.54) is 7.11 Å². The Labute approximate surface area is 264 Å². The van der Waals surface area contributed by atoms with Crippen molar-refractivity contribution in [3.05, 3.63) is 108 Å². The number of amides is 2. The predicted molar refractivity (Wildman–Crippen MR) is 177 cm³/mol. The van der Waals surface area contributed by atoms with E-state index in [4.69, 9.17) is 14.2 Å². The standard InChI is InChI=1S/C37H40N2O6/c1-5-44-35(40)18-10-7-13-23-45-34-24-26(2)19-22-32(34)39(3)37(42)28-20-21-31(33(25-28)43-4)38-36(41)30-17-12-11-16-29(30)27-14-8-6-9-15-27/h6,8-9,11-12,14-17,19-22,24-25H,5,7,10,13,18,23H2,1-4H3,(H,38,41). The molecule has 0 aliphatic rings. The minimum Gasteiger partial charge on any atom is -0.495 e. The molecule has 0 atom stereocenters. The summed E-state index contributed by atoms with van der Waals surface area (Å²) in [5.41, 5.74) is 4.76. The van der Waals surface area contributed by atoms with Crippen LogP contribution in [0.1, 0.15) is 58.9 Å². The molecule has 0 saturated heterocycles. The number of nitrogens with zero attached hydrogens (tertiary/aromatic N) is 1. The summed E-state index contributed by atoms with van der Waals surface area (Å²) in [4.78, 5) is 40.1. The smallest absolute Gasteiger partial charge is 0.305 e. The topological polar surface area (TPSA) is 94.2 Å². The van der Waals surface area contributed by atoms with E-state index in [1.54, 1.807) is 43.1 Å². The van der Waals surface area contributed by atoms with Gasteiger partial charge >= 0.3 is 5.97 Å². The van der Waals surface area contributed by atoms with Gasteiger partial charge in [-0.2, -0.15) is 0 Å². The van der Waals surface area contributed by atoms with Crippen LogP contribution in [0.15, 0.2) is 91.0 Å². The van der Waals surface area contributed by atoms with Gasteiger partial charge in [-0.05, 0) is 86.2 Å². The number of benzene rings is 4. The summed E-state index contributed by atoms with van der Waals surface area (Å²) < 4.78 is 16.6. The van der Waals surface area contributed by atoms with Gasteiger partial charge in [-0.25, -0.2) is 0 Å². The van der Waals surface area contributed by atoms with Gasteiger partial charge in [0.2, 0.25) is 0 Å². The fourth-order valence-electron chi connectivity index (χ4n) is 4.95. The molecule has 0 saturated carbocycles. The van der Waals surface area contributed by atoms with E-state index in [0.717, 1.165) is 36.0 Å². The van der Waals surface area contributed by atoms with Crippen LogP contribution in [0.3, 0.4) is 0 Å². The Kier molecular flexibility index (Phi) is 11.7. The lowest BCUT2D eigenvalue weighted by Gasteiger charge is -2.22. The Balaban J connectivity index is 1.45. The quantitative estimate of drug-likeness (QED) is 0.116. The first kappa shape index (κ1) is 32.8. The van der Waals surface area contributed by atoms with Crippen LogP contribution in [0.25, 0.3) is 11.1 Å². The van der Waals surface area contributed by atoms with Crippen molar-refractivity contribution in [3.63, 3.8) is 0 Å². The molecule has 0 fully saturated rings. The van der Waals surface area contributed by atoms with Crippen LogP contribution in [-0.2, 0) is 9.53 Å². The van der Waals surface area contributed by atoms with E-state index in [9.17, 15) is 14.4 Å². The van der Waals surface area contributed by atoms with Crippen molar-refractivity contribution in [1.29, 1.82) is 0 Å². The van der Waals surface area contributed by atoms with E-state index >= 15 is 0 Å². The second kappa shape index (κ2) is 16.1. The van der Waals surface area contributed by atoms with Gasteiger partial charge in [-0.1, -0.05) is 54.6 Å². The monoisotopic (exact) mass is 608 g/mol. The number of carbonyl (C=O) groups excluding carboxylic acids is 3. The van der Waals surface area contributed by atoms with Gasteiger partial charge in [-0.15, -0.1) is 0 Å². The van der Waals surface area contributed by atoms with Gasteiger partial charge in [0.05, 0.1) is 31.7 Å². The molecule has 0 aliphatic carbocycles. The highest BCUT2D eigenvalue weighted by molar-refractivity contribution is 6.10. The molecule has 234 valence electrons. The Bertz CT molecular complexity index is 1620. The van der Waals surface area contributed by atoms with Crippen LogP contribution in [0.2, 0.25) is 0 Å². The third-order valence-corrected chi connectivity index (χ3v) is 7.32. The second-order valence-electron chi connectivity index (χ2n) is 10.6. The first-order valence-electron chi connectivity index (χ1n) is 15.1. The minimum atomic E-state index is -0.286. The summed E-state index contributed by atoms with van der Waals surface area (Å²) in [7, 11) is 3.20. The number of hydrogen-bond acceptors (Lipinski definition) is 6. The highest BCUT2D eigenvalue weighted by Crippen LogP contribution is 2.33. The first-order chi connectivity index (χ1) is 21.8. The van der Waals surface area contributed by atoms with Crippen molar-refractivity contribution in [2.24, 2.45) is 0 Å². The van der Waals surface area contributed by atoms with Crippen LogP contribution in [0.4, 0.5) is 11.4 Å². The summed E-state index contributed by atoms with van der Waals surface area (Å²) in [5, 5.41) is 2.95. The molecule has 4 aromatic carbocycles. The Morgan fingerprint density at radius 3 is 2.33 bits per heavy atom. The van der Waals surface area contributed by atoms with Crippen LogP contribution < -0.4 is 19.7 Å². The van der Waals surface area contributed by atoms with Crippen molar-refractivity contribution >= 4 is 29.2 Å². The summed E-state index contributed by atoms with van der Waals surface area (Å²) in [6, 6.07) is 27.8. The molecule has 0 aromatic heterocycles. The normalized spacial score (nSPS) is 10.6. The number of ether oxygens (including phenoxy) is 3. The summed E-state index contributed by atoms with van der Waals surface area (Å²) >= 11 is 0. The maximum atomic E-state index is 13.6. The van der Waals surface area contributed by atoms with Gasteiger partial charge in [0.1, 0.15) is 11.5 Å². The Hall–Kier alpha value is -5.11. The van der Waals surface area contributed by atoms with Gasteiger partial charge in [0, 0.05) is 24.6 Å². The Morgan fingerprint density at radius 1 is 0.822 bits per heavy atom. The highest BCUT2D eigenvalue weighted by Gasteiger charge is 2.21. The third-order valence-electron chi connectivity index (χ3n) is 7.32. The number of rotatable bonds is 14. The predicted octanol–water partition coefficient (Wildman–Crippen LogP) is 7.70. The fourth-order valence-corrected chi connectivity index (χ4v) is 4.95. The van der Waals surface area contributed by atoms with Crippen LogP contribution in [0.5, 0.6) is 11.5 Å². The molecule has 0 spiro atoms. The molecule has 1 N–H and O–H groups in total. The number of esters is 1. The molecule has 4 aromatic rings. The lowest BCUT2D eigenvalue weighted by Crippen LogP contribution is -2.27. The van der Waals surface area contributed by atoms with E-state index in [-0.39, 0.29) is 17.8 Å². The van der Waals surface area contributed by atoms with Gasteiger partial charge in [-0.3, -0.25) is 14.4 Å². The average molecular weight is 609 g/mol. The molecule has 0 radical (unpaired) electrons. The fraction of sp³-hybridized carbons (Fsp3) is 0.270. The van der Waals surface area contributed by atoms with Crippen LogP contribution in [-0.4, -0.2) is 45.2 Å². The minimum absolute atomic E-state index is 0.181. The first-order valence-corrected chi connectivity index (χ1v) is 15.1. The SMILES string of the molecule is CCOC(=O)CCCCCOc1cc(C)ccc1N(C)C(=O)c1ccc(NC(=O)c2ccccc2-c2ccccc2)c(OC)c1. The molecule has 45 heavy (non-hydrogen) atoms. The molecule has 0 bridgehead atoms. The molecule has 0 heterocycles. The number of aryl methyl sites for hydroxylation is 1. The lowest BCUT2D eigenvalue weighted by atomic mass is 9.99. The van der Waals surface area contributed by atoms with Crippen LogP contribution in [0, 0.1) is 6.92 Å². The molecule has 4 rings (SSSR count). The Morgan fingerprint density at radius 2 is 1.58 bits per heavy atom. The van der Waals surface area contributed by atoms with E-state index in [1.807, 2.05) is 73.7 Å². The van der Waals surface area contributed by atoms with E-state index < -0.39 is 0 Å². The molecular weight excluding hydrogens is 568 g/mol. The number of anilines is 2. The number of carbonyl (C=O) groups is 3. The summed E-state index contributed by atoms with van der Waals surface area (Å²) in [6.45, 7) is 4.61. The van der Waals surface area contributed by atoms with Crippen molar-refractivity contribution < 1.29 is 28.6 Å². The van der Waals surface area contributed by atoms with Crippen molar-refractivity contribution in [2.75, 3.05) is 37.6 Å². The molecule has 2 amide bonds. The molecule has 8 nitrogen and oxygen atoms in total. The summed E-state index contributed by atoms with van der Waals surface area (Å²) in [6.07, 6.45) is 2.73. The van der Waals surface area contributed by atoms with E-state index in [2.05, 4.69) is 5.32 Å². The van der Waals surface area contributed by atoms with Gasteiger partial charge < -0.3 is 24.4 Å². The van der Waals surface area contributed by atoms with E-state index in [0.29, 0.717) is 53.6 Å².